The molecular weight excluding hydrogens is 233 g/mol. The maximum Gasteiger partial charge on any atom is 0.338 e. The number of benzene rings is 1. The number of aryl methyl sites for hydroxylation is 1. The zero-order valence-corrected chi connectivity index (χ0v) is 9.05. The monoisotopic (exact) mass is 239 g/mol. The second-order valence-corrected chi connectivity index (χ2v) is 3.75. The smallest absolute Gasteiger partial charge is 0.338 e. The topological polar surface area (TPSA) is 50.2 Å². The Morgan fingerprint density at radius 2 is 2.19 bits per heavy atom. The Bertz CT molecular complexity index is 598. The van der Waals surface area contributed by atoms with Crippen LogP contribution in [0.3, 0.4) is 0 Å². The summed E-state index contributed by atoms with van der Waals surface area (Å²) in [5.74, 6) is -1.73. The first kappa shape index (κ1) is 10.8. The molecule has 0 fully saturated rings. The molecule has 0 radical (unpaired) electrons. The van der Waals surface area contributed by atoms with Crippen LogP contribution in [0.1, 0.15) is 15.9 Å². The first-order valence-electron chi connectivity index (χ1n) is 4.49. The molecule has 16 heavy (non-hydrogen) atoms. The van der Waals surface area contributed by atoms with Gasteiger partial charge in [0.1, 0.15) is 11.0 Å². The number of carboxylic acids is 1. The molecule has 5 heteroatoms. The van der Waals surface area contributed by atoms with Crippen molar-refractivity contribution in [1.29, 1.82) is 0 Å². The molecule has 0 unspecified atom stereocenters. The first-order valence-corrected chi connectivity index (χ1v) is 4.87. The predicted octanol–water partition coefficient (Wildman–Crippen LogP) is 3.03. The Balaban J connectivity index is 2.89. The van der Waals surface area contributed by atoms with Crippen LogP contribution in [0.25, 0.3) is 10.9 Å². The molecule has 82 valence electrons. The lowest BCUT2D eigenvalue weighted by atomic mass is 10.1. The number of hydrogen-bond donors (Lipinski definition) is 1. The first-order chi connectivity index (χ1) is 7.50. The van der Waals surface area contributed by atoms with E-state index in [9.17, 15) is 9.18 Å². The zero-order chi connectivity index (χ0) is 11.9. The molecule has 0 amide bonds. The lowest BCUT2D eigenvalue weighted by Gasteiger charge is -2.05. The van der Waals surface area contributed by atoms with E-state index in [0.717, 1.165) is 5.56 Å². The van der Waals surface area contributed by atoms with E-state index < -0.39 is 11.8 Å². The Kier molecular flexibility index (Phi) is 2.52. The van der Waals surface area contributed by atoms with E-state index >= 15 is 0 Å². The van der Waals surface area contributed by atoms with Crippen LogP contribution in [-0.4, -0.2) is 16.1 Å². The number of aromatic carboxylic acids is 1. The number of hydrogen-bond acceptors (Lipinski definition) is 2. The number of halogens is 2. The minimum atomic E-state index is -1.22. The van der Waals surface area contributed by atoms with Gasteiger partial charge in [-0.2, -0.15) is 0 Å². The summed E-state index contributed by atoms with van der Waals surface area (Å²) in [5, 5.41) is 8.88. The maximum atomic E-state index is 13.5. The van der Waals surface area contributed by atoms with Crippen LogP contribution in [0, 0.1) is 12.7 Å². The van der Waals surface area contributed by atoms with Crippen LogP contribution >= 0.6 is 11.6 Å². The van der Waals surface area contributed by atoms with Gasteiger partial charge in [0.05, 0.1) is 11.1 Å². The van der Waals surface area contributed by atoms with Crippen molar-refractivity contribution in [3.63, 3.8) is 0 Å². The lowest BCUT2D eigenvalue weighted by molar-refractivity contribution is 0.0697. The molecule has 1 aromatic heterocycles. The molecule has 0 aliphatic rings. The average molecular weight is 240 g/mol. The van der Waals surface area contributed by atoms with Gasteiger partial charge in [0, 0.05) is 5.39 Å². The highest BCUT2D eigenvalue weighted by Gasteiger charge is 2.14. The van der Waals surface area contributed by atoms with E-state index in [1.807, 2.05) is 0 Å². The van der Waals surface area contributed by atoms with Crippen LogP contribution in [-0.2, 0) is 0 Å². The lowest BCUT2D eigenvalue weighted by Crippen LogP contribution is -2.00. The molecular formula is C11H7ClFNO2. The largest absolute Gasteiger partial charge is 0.478 e. The Morgan fingerprint density at radius 3 is 2.81 bits per heavy atom. The van der Waals surface area contributed by atoms with Gasteiger partial charge in [-0.05, 0) is 24.6 Å². The molecule has 0 aliphatic carbocycles. The van der Waals surface area contributed by atoms with Crippen molar-refractivity contribution in [2.45, 2.75) is 6.92 Å². The summed E-state index contributed by atoms with van der Waals surface area (Å²) in [7, 11) is 0. The van der Waals surface area contributed by atoms with Crippen LogP contribution in [0.15, 0.2) is 18.2 Å². The van der Waals surface area contributed by atoms with Crippen molar-refractivity contribution >= 4 is 28.5 Å². The van der Waals surface area contributed by atoms with Gasteiger partial charge in [0.2, 0.25) is 0 Å². The van der Waals surface area contributed by atoms with Crippen molar-refractivity contribution in [3.8, 4) is 0 Å². The third-order valence-electron chi connectivity index (χ3n) is 2.32. The second-order valence-electron chi connectivity index (χ2n) is 3.39. The predicted molar refractivity (Wildman–Crippen MR) is 58.4 cm³/mol. The second kappa shape index (κ2) is 3.72. The highest BCUT2D eigenvalue weighted by atomic mass is 35.5. The van der Waals surface area contributed by atoms with Crippen molar-refractivity contribution in [3.05, 3.63) is 40.3 Å². The van der Waals surface area contributed by atoms with Gasteiger partial charge in [-0.15, -0.1) is 0 Å². The number of nitrogens with zero attached hydrogens (tertiary/aromatic N) is 1. The van der Waals surface area contributed by atoms with Crippen LogP contribution < -0.4 is 0 Å². The number of pyridine rings is 1. The van der Waals surface area contributed by atoms with Gasteiger partial charge in [0.15, 0.2) is 0 Å². The number of rotatable bonds is 1. The van der Waals surface area contributed by atoms with E-state index in [1.54, 1.807) is 13.0 Å². The fourth-order valence-corrected chi connectivity index (χ4v) is 1.71. The molecule has 2 rings (SSSR count). The molecule has 0 spiro atoms. The Hall–Kier alpha value is -1.68. The maximum absolute atomic E-state index is 13.5. The Labute approximate surface area is 95.5 Å². The summed E-state index contributed by atoms with van der Waals surface area (Å²) in [6, 6.07) is 4.05. The van der Waals surface area contributed by atoms with E-state index in [4.69, 9.17) is 16.7 Å². The van der Waals surface area contributed by atoms with Crippen molar-refractivity contribution in [2.24, 2.45) is 0 Å². The highest BCUT2D eigenvalue weighted by molar-refractivity contribution is 6.32. The molecule has 0 aliphatic heterocycles. The quantitative estimate of drug-likeness (QED) is 0.778. The molecule has 0 saturated carbocycles. The molecule has 2 aromatic rings. The fourth-order valence-electron chi connectivity index (χ4n) is 1.49. The molecule has 1 N–H and O–H groups in total. The van der Waals surface area contributed by atoms with E-state index in [0.29, 0.717) is 5.52 Å². The van der Waals surface area contributed by atoms with Gasteiger partial charge in [-0.1, -0.05) is 17.7 Å². The van der Waals surface area contributed by atoms with E-state index in [1.165, 1.54) is 12.1 Å². The summed E-state index contributed by atoms with van der Waals surface area (Å²) >= 11 is 5.71. The Morgan fingerprint density at radius 1 is 1.50 bits per heavy atom. The van der Waals surface area contributed by atoms with E-state index in [-0.39, 0.29) is 16.1 Å². The summed E-state index contributed by atoms with van der Waals surface area (Å²) < 4.78 is 13.5. The fraction of sp³-hybridized carbons (Fsp3) is 0.0909. The van der Waals surface area contributed by atoms with Crippen LogP contribution in [0.2, 0.25) is 5.15 Å². The summed E-state index contributed by atoms with van der Waals surface area (Å²) in [6.07, 6.45) is 0. The third-order valence-corrected chi connectivity index (χ3v) is 2.61. The number of fused-ring (bicyclic) bond motifs is 1. The third kappa shape index (κ3) is 1.61. The summed E-state index contributed by atoms with van der Waals surface area (Å²) in [6.45, 7) is 1.76. The number of carboxylic acid groups (broad SMARTS) is 1. The van der Waals surface area contributed by atoms with Crippen LogP contribution in [0.5, 0.6) is 0 Å². The minimum absolute atomic E-state index is 0.131. The van der Waals surface area contributed by atoms with Crippen molar-refractivity contribution < 1.29 is 14.3 Å². The van der Waals surface area contributed by atoms with Gasteiger partial charge in [-0.25, -0.2) is 14.2 Å². The van der Waals surface area contributed by atoms with Gasteiger partial charge >= 0.3 is 5.97 Å². The van der Waals surface area contributed by atoms with Gasteiger partial charge in [0.25, 0.3) is 0 Å². The zero-order valence-electron chi connectivity index (χ0n) is 8.29. The van der Waals surface area contributed by atoms with Gasteiger partial charge < -0.3 is 5.11 Å². The van der Waals surface area contributed by atoms with Crippen LogP contribution in [0.4, 0.5) is 4.39 Å². The molecule has 1 aromatic carbocycles. The highest BCUT2D eigenvalue weighted by Crippen LogP contribution is 2.25. The minimum Gasteiger partial charge on any atom is -0.478 e. The van der Waals surface area contributed by atoms with Crippen molar-refractivity contribution in [1.82, 2.24) is 4.98 Å². The van der Waals surface area contributed by atoms with Gasteiger partial charge in [-0.3, -0.25) is 0 Å². The SMILES string of the molecule is Cc1ccc(F)c2cc(C(=O)O)c(Cl)nc12. The standard InChI is InChI=1S/C11H7ClFNO2/c1-5-2-3-8(13)6-4-7(11(15)16)10(12)14-9(5)6/h2-4H,1H3,(H,15,16). The summed E-state index contributed by atoms with van der Waals surface area (Å²) in [5.41, 5.74) is 0.934. The average Bonchev–Trinajstić information content (AvgIpc) is 2.23. The molecule has 1 heterocycles. The number of aromatic nitrogens is 1. The molecule has 0 bridgehead atoms. The molecule has 0 saturated heterocycles. The molecule has 3 nitrogen and oxygen atoms in total. The normalized spacial score (nSPS) is 10.7. The summed E-state index contributed by atoms with van der Waals surface area (Å²) in [4.78, 5) is 14.7. The molecule has 0 atom stereocenters. The van der Waals surface area contributed by atoms with Crippen molar-refractivity contribution in [2.75, 3.05) is 0 Å². The van der Waals surface area contributed by atoms with E-state index in [2.05, 4.69) is 4.98 Å². The number of carbonyl (C=O) groups is 1.